The lowest BCUT2D eigenvalue weighted by atomic mass is 9.82. The first-order valence-electron chi connectivity index (χ1n) is 51.2. The minimum atomic E-state index is -0.199. The van der Waals surface area contributed by atoms with Crippen LogP contribution in [0.2, 0.25) is 0 Å². The zero-order valence-electron chi connectivity index (χ0n) is 82.8. The standard InChI is InChI=1S/C51H38N2.C48H34N2.C43H32N2/c1-51(2)47-33-41(29-31-43(47)44-32-30-42(34-48(44)51)53-49-19-11-9-17-45(49)46-18-10-12-20-50(46)53)52(39-25-21-37(22-26-39)35-13-5-3-6-14-35)40-27-23-38(24-28-40)36-15-7-4-8-16-36;1-3-11-35(12-4-1)37-19-27-41(28-20-37)49(42-29-21-38(22-30-42)36-13-5-2-6-14-36)43-31-23-39(24-32-43)40-25-33-44(34-26-40)50-47-17-9-7-15-45(47)46-16-8-10-18-48(46)50;1-43(2)39-27-33(44(31-14-4-3-5-15-31)32-21-20-29-12-6-7-13-30(29)26-32)22-24-35(39)36-25-23-34(28-40(36)43)45-41-18-10-8-16-37(41)38-17-9-11-19-42(38)45/h3-34H,1-2H3;1-34H;3-28H,1-2H3. The molecule has 6 heteroatoms. The molecule has 0 radical (unpaired) electrons. The molecule has 26 aromatic rings. The number of hydrogen-bond donors (Lipinski definition) is 0. The maximum absolute atomic E-state index is 2.43. The Morgan fingerprint density at radius 1 is 0.142 bits per heavy atom. The minimum Gasteiger partial charge on any atom is -0.311 e. The molecule has 0 fully saturated rings. The van der Waals surface area contributed by atoms with E-state index in [0.717, 1.165) is 51.2 Å². The van der Waals surface area contributed by atoms with Crippen LogP contribution < -0.4 is 14.7 Å². The van der Waals surface area contributed by atoms with E-state index in [1.165, 1.54) is 193 Å². The summed E-state index contributed by atoms with van der Waals surface area (Å²) in [5.74, 6) is 0. The molecule has 702 valence electrons. The molecule has 2 aliphatic carbocycles. The second-order valence-electron chi connectivity index (χ2n) is 39.9. The molecule has 3 aromatic heterocycles. The molecular formula is C142H104N6. The lowest BCUT2D eigenvalue weighted by Gasteiger charge is -2.28. The van der Waals surface area contributed by atoms with Crippen LogP contribution in [0, 0.1) is 0 Å². The van der Waals surface area contributed by atoms with Gasteiger partial charge in [-0.2, -0.15) is 0 Å². The minimum absolute atomic E-state index is 0.165. The number of fused-ring (bicyclic) bond motifs is 16. The number of anilines is 9. The highest BCUT2D eigenvalue weighted by Crippen LogP contribution is 2.55. The highest BCUT2D eigenvalue weighted by atomic mass is 15.2. The Morgan fingerprint density at radius 2 is 0.338 bits per heavy atom. The van der Waals surface area contributed by atoms with E-state index >= 15 is 0 Å². The first kappa shape index (κ1) is 89.2. The fourth-order valence-electron chi connectivity index (χ4n) is 23.2. The van der Waals surface area contributed by atoms with Crippen LogP contribution in [0.15, 0.2) is 558 Å². The van der Waals surface area contributed by atoms with Crippen molar-refractivity contribution in [2.24, 2.45) is 0 Å². The van der Waals surface area contributed by atoms with Gasteiger partial charge in [-0.15, -0.1) is 0 Å². The van der Waals surface area contributed by atoms with E-state index in [-0.39, 0.29) is 10.8 Å². The third-order valence-corrected chi connectivity index (χ3v) is 30.6. The van der Waals surface area contributed by atoms with E-state index in [1.54, 1.807) is 0 Å². The average molecular weight is 1890 g/mol. The number of para-hydroxylation sites is 7. The third kappa shape index (κ3) is 16.0. The van der Waals surface area contributed by atoms with Gasteiger partial charge in [-0.1, -0.05) is 404 Å². The summed E-state index contributed by atoms with van der Waals surface area (Å²) in [5.41, 5.74) is 43.5. The molecular weight excluding hydrogens is 1790 g/mol. The van der Waals surface area contributed by atoms with Crippen LogP contribution in [-0.4, -0.2) is 13.7 Å². The van der Waals surface area contributed by atoms with Gasteiger partial charge in [0.2, 0.25) is 0 Å². The van der Waals surface area contributed by atoms with Gasteiger partial charge in [-0.05, 0) is 293 Å². The molecule has 0 spiro atoms. The first-order valence-corrected chi connectivity index (χ1v) is 51.2. The Kier molecular flexibility index (Phi) is 22.6. The maximum Gasteiger partial charge on any atom is 0.0541 e. The average Bonchev–Trinajstić information content (AvgIpc) is 1.57. The van der Waals surface area contributed by atoms with Crippen molar-refractivity contribution >= 4 is 127 Å². The fourth-order valence-corrected chi connectivity index (χ4v) is 23.2. The molecule has 23 aromatic carbocycles. The predicted octanol–water partition coefficient (Wildman–Crippen LogP) is 38.9. The number of nitrogens with zero attached hydrogens (tertiary/aromatic N) is 6. The van der Waals surface area contributed by atoms with Gasteiger partial charge in [0.05, 0.1) is 33.1 Å². The summed E-state index contributed by atoms with van der Waals surface area (Å²) in [5, 5.41) is 10.2. The second-order valence-corrected chi connectivity index (χ2v) is 39.9. The van der Waals surface area contributed by atoms with Crippen molar-refractivity contribution in [1.82, 2.24) is 13.7 Å². The van der Waals surface area contributed by atoms with Crippen LogP contribution in [0.3, 0.4) is 0 Å². The molecule has 28 rings (SSSR count). The van der Waals surface area contributed by atoms with E-state index in [9.17, 15) is 0 Å². The molecule has 0 saturated carbocycles. The van der Waals surface area contributed by atoms with Gasteiger partial charge >= 0.3 is 0 Å². The Balaban J connectivity index is 0.000000113. The van der Waals surface area contributed by atoms with E-state index < -0.39 is 0 Å². The number of hydrogen-bond acceptors (Lipinski definition) is 3. The lowest BCUT2D eigenvalue weighted by Crippen LogP contribution is -2.17. The molecule has 0 saturated heterocycles. The topological polar surface area (TPSA) is 24.5 Å². The van der Waals surface area contributed by atoms with Crippen LogP contribution >= 0.6 is 0 Å². The Bertz CT molecular complexity index is 9130. The summed E-state index contributed by atoms with van der Waals surface area (Å²) in [6, 6.07) is 202. The highest BCUT2D eigenvalue weighted by molar-refractivity contribution is 6.12. The van der Waals surface area contributed by atoms with Crippen molar-refractivity contribution in [3.8, 4) is 95.0 Å². The van der Waals surface area contributed by atoms with E-state index in [2.05, 4.69) is 614 Å². The SMILES string of the molecule is CC1(C)c2cc(N(c3ccc(-c4ccccc4)cc3)c3ccc(-c4ccccc4)cc3)ccc2-c2ccc(-n3c4ccccc4c4ccccc43)cc21.CC1(C)c2cc(N(c3ccccc3)c3ccc4ccccc4c3)ccc2-c2ccc(-n3c4ccccc4c4ccccc43)cc21.c1ccc(-c2ccc(N(c3ccc(-c4ccccc4)cc3)c3ccc(-c4ccc(-n5c6ccccc6c6ccccc65)cc4)cc3)cc2)cc1. The monoisotopic (exact) mass is 1890 g/mol. The molecule has 3 heterocycles. The largest absolute Gasteiger partial charge is 0.311 e. The summed E-state index contributed by atoms with van der Waals surface area (Å²) in [6.45, 7) is 9.51. The zero-order valence-corrected chi connectivity index (χ0v) is 82.8. The summed E-state index contributed by atoms with van der Waals surface area (Å²) in [7, 11) is 0. The maximum atomic E-state index is 2.43. The van der Waals surface area contributed by atoms with Crippen LogP contribution in [0.5, 0.6) is 0 Å². The molecule has 0 unspecified atom stereocenters. The van der Waals surface area contributed by atoms with Crippen molar-refractivity contribution < 1.29 is 0 Å². The summed E-state index contributed by atoms with van der Waals surface area (Å²) in [6.07, 6.45) is 0. The van der Waals surface area contributed by atoms with Crippen LogP contribution in [0.1, 0.15) is 49.9 Å². The van der Waals surface area contributed by atoms with Crippen molar-refractivity contribution in [1.29, 1.82) is 0 Å². The zero-order chi connectivity index (χ0) is 98.9. The van der Waals surface area contributed by atoms with Crippen LogP contribution in [0.25, 0.3) is 171 Å². The van der Waals surface area contributed by atoms with E-state index in [1.807, 2.05) is 0 Å². The number of aromatic nitrogens is 3. The Hall–Kier alpha value is -18.9. The van der Waals surface area contributed by atoms with E-state index in [4.69, 9.17) is 0 Å². The molecule has 0 amide bonds. The van der Waals surface area contributed by atoms with Gasteiger partial charge in [0.25, 0.3) is 0 Å². The molecule has 0 bridgehead atoms. The molecule has 148 heavy (non-hydrogen) atoms. The van der Waals surface area contributed by atoms with Crippen molar-refractivity contribution in [3.05, 3.63) is 580 Å². The fraction of sp³-hybridized carbons (Fsp3) is 0.0423. The second kappa shape index (κ2) is 37.5. The van der Waals surface area contributed by atoms with Crippen molar-refractivity contribution in [2.75, 3.05) is 14.7 Å². The smallest absolute Gasteiger partial charge is 0.0541 e. The van der Waals surface area contributed by atoms with Gasteiger partial charge in [0.15, 0.2) is 0 Å². The van der Waals surface area contributed by atoms with E-state index in [0.29, 0.717) is 0 Å². The lowest BCUT2D eigenvalue weighted by molar-refractivity contribution is 0.660. The van der Waals surface area contributed by atoms with Gasteiger partial charge in [-0.25, -0.2) is 0 Å². The molecule has 0 aliphatic heterocycles. The Morgan fingerprint density at radius 3 is 0.649 bits per heavy atom. The van der Waals surface area contributed by atoms with Crippen molar-refractivity contribution in [3.63, 3.8) is 0 Å². The van der Waals surface area contributed by atoms with Gasteiger partial charge < -0.3 is 28.4 Å². The molecule has 2 aliphatic rings. The van der Waals surface area contributed by atoms with Crippen molar-refractivity contribution in [2.45, 2.75) is 38.5 Å². The van der Waals surface area contributed by atoms with Gasteiger partial charge in [0, 0.05) is 111 Å². The summed E-state index contributed by atoms with van der Waals surface area (Å²) < 4.78 is 7.21. The predicted molar refractivity (Wildman–Crippen MR) is 626 cm³/mol. The highest BCUT2D eigenvalue weighted by Gasteiger charge is 2.39. The Labute approximate surface area is 863 Å². The first-order chi connectivity index (χ1) is 72.9. The molecule has 6 nitrogen and oxygen atoms in total. The number of benzene rings is 23. The quantitative estimate of drug-likeness (QED) is 0.0908. The molecule has 0 atom stereocenters. The van der Waals surface area contributed by atoms with Gasteiger partial charge in [0.1, 0.15) is 0 Å². The van der Waals surface area contributed by atoms with Gasteiger partial charge in [-0.3, -0.25) is 0 Å². The summed E-state index contributed by atoms with van der Waals surface area (Å²) >= 11 is 0. The normalized spacial score (nSPS) is 12.4. The number of rotatable bonds is 17. The molecule has 0 N–H and O–H groups in total. The van der Waals surface area contributed by atoms with Crippen LogP contribution in [0.4, 0.5) is 51.2 Å². The summed E-state index contributed by atoms with van der Waals surface area (Å²) in [4.78, 5) is 7.11. The third-order valence-electron chi connectivity index (χ3n) is 30.6. The van der Waals surface area contributed by atoms with Crippen LogP contribution in [-0.2, 0) is 10.8 Å².